The van der Waals surface area contributed by atoms with Gasteiger partial charge in [0.25, 0.3) is 0 Å². The molecule has 0 aliphatic heterocycles. The minimum absolute atomic E-state index is 0.390. The Labute approximate surface area is 117 Å². The molecule has 0 amide bonds. The molecule has 0 saturated carbocycles. The van der Waals surface area contributed by atoms with Gasteiger partial charge in [0, 0.05) is 32.9 Å². The molecule has 1 atom stereocenters. The van der Waals surface area contributed by atoms with E-state index in [2.05, 4.69) is 53.6 Å². The molecule has 3 aromatic rings. The molecule has 2 heterocycles. The first kappa shape index (κ1) is 12.3. The van der Waals surface area contributed by atoms with Crippen molar-refractivity contribution < 1.29 is 0 Å². The predicted octanol–water partition coefficient (Wildman–Crippen LogP) is 4.24. The zero-order valence-electron chi connectivity index (χ0n) is 11.1. The maximum Gasteiger partial charge on any atom is 0.0788 e. The Kier molecular flexibility index (Phi) is 3.32. The van der Waals surface area contributed by atoms with Crippen molar-refractivity contribution >= 4 is 22.2 Å². The number of para-hydroxylation sites is 1. The Hall–Kier alpha value is -1.71. The number of nitrogens with one attached hydrogen (secondary N) is 1. The lowest BCUT2D eigenvalue weighted by Gasteiger charge is -2.06. The van der Waals surface area contributed by atoms with Crippen molar-refractivity contribution in [2.24, 2.45) is 0 Å². The molecular formula is C16H16N2S. The first-order valence-electron chi connectivity index (χ1n) is 6.40. The standard InChI is InChI=1S/C16H16N2S/c1-11(17-2)14-8-9-15(19-14)13-7-3-5-12-6-4-10-18-16(12)13/h3-11,17H,1-2H3. The van der Waals surface area contributed by atoms with E-state index in [0.29, 0.717) is 6.04 Å². The molecule has 19 heavy (non-hydrogen) atoms. The normalized spacial score (nSPS) is 12.7. The summed E-state index contributed by atoms with van der Waals surface area (Å²) in [5.74, 6) is 0. The van der Waals surface area contributed by atoms with Gasteiger partial charge in [0.15, 0.2) is 0 Å². The highest BCUT2D eigenvalue weighted by Crippen LogP contribution is 2.34. The second-order valence-electron chi connectivity index (χ2n) is 4.59. The predicted molar refractivity (Wildman–Crippen MR) is 82.5 cm³/mol. The molecule has 0 fully saturated rings. The average molecular weight is 268 g/mol. The number of nitrogens with zero attached hydrogens (tertiary/aromatic N) is 1. The Morgan fingerprint density at radius 3 is 2.79 bits per heavy atom. The first-order valence-corrected chi connectivity index (χ1v) is 7.22. The van der Waals surface area contributed by atoms with Gasteiger partial charge < -0.3 is 5.32 Å². The Morgan fingerprint density at radius 2 is 1.95 bits per heavy atom. The summed E-state index contributed by atoms with van der Waals surface area (Å²) >= 11 is 1.83. The number of benzene rings is 1. The zero-order chi connectivity index (χ0) is 13.2. The van der Waals surface area contributed by atoms with E-state index in [9.17, 15) is 0 Å². The second-order valence-corrected chi connectivity index (χ2v) is 5.71. The number of rotatable bonds is 3. The van der Waals surface area contributed by atoms with Crippen molar-refractivity contribution in [2.45, 2.75) is 13.0 Å². The number of thiophene rings is 1. The Morgan fingerprint density at radius 1 is 1.11 bits per heavy atom. The Bertz CT molecular complexity index is 697. The molecule has 0 spiro atoms. The van der Waals surface area contributed by atoms with Crippen LogP contribution in [0.25, 0.3) is 21.3 Å². The van der Waals surface area contributed by atoms with Crippen molar-refractivity contribution in [3.8, 4) is 10.4 Å². The van der Waals surface area contributed by atoms with E-state index >= 15 is 0 Å². The van der Waals surface area contributed by atoms with Gasteiger partial charge in [-0.3, -0.25) is 4.98 Å². The minimum Gasteiger partial charge on any atom is -0.313 e. The van der Waals surface area contributed by atoms with Gasteiger partial charge in [-0.25, -0.2) is 0 Å². The quantitative estimate of drug-likeness (QED) is 0.768. The van der Waals surface area contributed by atoms with Crippen LogP contribution in [0.15, 0.2) is 48.7 Å². The summed E-state index contributed by atoms with van der Waals surface area (Å²) in [5.41, 5.74) is 2.30. The van der Waals surface area contributed by atoms with Crippen molar-refractivity contribution in [2.75, 3.05) is 7.05 Å². The number of hydrogen-bond donors (Lipinski definition) is 1. The van der Waals surface area contributed by atoms with Crippen molar-refractivity contribution in [1.82, 2.24) is 10.3 Å². The van der Waals surface area contributed by atoms with Gasteiger partial charge in [0.1, 0.15) is 0 Å². The van der Waals surface area contributed by atoms with Crippen LogP contribution in [0.1, 0.15) is 17.8 Å². The third-order valence-electron chi connectivity index (χ3n) is 3.38. The van der Waals surface area contributed by atoms with Crippen molar-refractivity contribution in [3.63, 3.8) is 0 Å². The van der Waals surface area contributed by atoms with Crippen LogP contribution >= 0.6 is 11.3 Å². The molecule has 0 aliphatic carbocycles. The van der Waals surface area contributed by atoms with E-state index in [-0.39, 0.29) is 0 Å². The molecular weight excluding hydrogens is 252 g/mol. The summed E-state index contributed by atoms with van der Waals surface area (Å²) in [4.78, 5) is 7.15. The molecule has 3 heteroatoms. The lowest BCUT2D eigenvalue weighted by Crippen LogP contribution is -2.10. The number of pyridine rings is 1. The van der Waals surface area contributed by atoms with E-state index < -0.39 is 0 Å². The minimum atomic E-state index is 0.390. The van der Waals surface area contributed by atoms with Crippen molar-refractivity contribution in [3.05, 3.63) is 53.5 Å². The molecule has 1 N–H and O–H groups in total. The molecule has 0 aliphatic rings. The lowest BCUT2D eigenvalue weighted by molar-refractivity contribution is 0.664. The van der Waals surface area contributed by atoms with Gasteiger partial charge in [-0.05, 0) is 32.2 Å². The number of hydrogen-bond acceptors (Lipinski definition) is 3. The van der Waals surface area contributed by atoms with Gasteiger partial charge in [0.05, 0.1) is 5.52 Å². The molecule has 1 aromatic carbocycles. The van der Waals surface area contributed by atoms with Gasteiger partial charge in [-0.15, -0.1) is 11.3 Å². The van der Waals surface area contributed by atoms with E-state index in [1.165, 1.54) is 20.7 Å². The summed E-state index contributed by atoms with van der Waals surface area (Å²) in [6, 6.07) is 15.2. The molecule has 0 saturated heterocycles. The molecule has 1 unspecified atom stereocenters. The fourth-order valence-electron chi connectivity index (χ4n) is 2.18. The van der Waals surface area contributed by atoms with Gasteiger partial charge in [0.2, 0.25) is 0 Å². The second kappa shape index (κ2) is 5.11. The van der Waals surface area contributed by atoms with E-state index in [4.69, 9.17) is 0 Å². The highest BCUT2D eigenvalue weighted by molar-refractivity contribution is 7.15. The average Bonchev–Trinajstić information content (AvgIpc) is 2.95. The fourth-order valence-corrected chi connectivity index (χ4v) is 3.27. The van der Waals surface area contributed by atoms with Crippen LogP contribution in [0.2, 0.25) is 0 Å². The lowest BCUT2D eigenvalue weighted by atomic mass is 10.1. The summed E-state index contributed by atoms with van der Waals surface area (Å²) in [7, 11) is 1.99. The van der Waals surface area contributed by atoms with Gasteiger partial charge >= 0.3 is 0 Å². The van der Waals surface area contributed by atoms with E-state index in [1.807, 2.05) is 30.6 Å². The van der Waals surface area contributed by atoms with E-state index in [0.717, 1.165) is 5.52 Å². The monoisotopic (exact) mass is 268 g/mol. The van der Waals surface area contributed by atoms with Crippen LogP contribution in [0.5, 0.6) is 0 Å². The van der Waals surface area contributed by atoms with Crippen LogP contribution < -0.4 is 5.32 Å². The topological polar surface area (TPSA) is 24.9 Å². The molecule has 96 valence electrons. The fraction of sp³-hybridized carbons (Fsp3) is 0.188. The van der Waals surface area contributed by atoms with Gasteiger partial charge in [-0.2, -0.15) is 0 Å². The molecule has 2 aromatic heterocycles. The van der Waals surface area contributed by atoms with Crippen LogP contribution in [0, 0.1) is 0 Å². The summed E-state index contributed by atoms with van der Waals surface area (Å²) in [6.07, 6.45) is 1.86. The SMILES string of the molecule is CNC(C)c1ccc(-c2cccc3cccnc23)s1. The smallest absolute Gasteiger partial charge is 0.0788 e. The number of fused-ring (bicyclic) bond motifs is 1. The molecule has 0 radical (unpaired) electrons. The van der Waals surface area contributed by atoms with Crippen LogP contribution in [0.4, 0.5) is 0 Å². The first-order chi connectivity index (χ1) is 9.29. The van der Waals surface area contributed by atoms with Crippen LogP contribution in [-0.2, 0) is 0 Å². The third-order valence-corrected chi connectivity index (χ3v) is 4.69. The largest absolute Gasteiger partial charge is 0.313 e. The third kappa shape index (κ3) is 2.27. The highest BCUT2D eigenvalue weighted by Gasteiger charge is 2.10. The molecule has 0 bridgehead atoms. The van der Waals surface area contributed by atoms with Gasteiger partial charge in [-0.1, -0.05) is 24.3 Å². The summed E-state index contributed by atoms with van der Waals surface area (Å²) in [6.45, 7) is 2.18. The van der Waals surface area contributed by atoms with Crippen molar-refractivity contribution in [1.29, 1.82) is 0 Å². The Balaban J connectivity index is 2.12. The maximum absolute atomic E-state index is 4.52. The molecule has 3 rings (SSSR count). The number of aromatic nitrogens is 1. The summed E-state index contributed by atoms with van der Waals surface area (Å²) < 4.78 is 0. The van der Waals surface area contributed by atoms with Crippen LogP contribution in [-0.4, -0.2) is 12.0 Å². The summed E-state index contributed by atoms with van der Waals surface area (Å²) in [5, 5.41) is 4.47. The molecule has 2 nitrogen and oxygen atoms in total. The maximum atomic E-state index is 4.52. The van der Waals surface area contributed by atoms with Crippen LogP contribution in [0.3, 0.4) is 0 Å². The highest BCUT2D eigenvalue weighted by atomic mass is 32.1. The zero-order valence-corrected chi connectivity index (χ0v) is 11.9. The van der Waals surface area contributed by atoms with E-state index in [1.54, 1.807) is 0 Å².